The monoisotopic (exact) mass is 961 g/mol. The smallest absolute Gasteiger partial charge is 0.306 e. The Balaban J connectivity index is 4.31. The SMILES string of the molecule is CC/C=C\C/C=C\C/C=C\C/C=C\CCCCC(=O)OC(COC(=O)CCCCCCCCCCCCC)COC(=O)CCCCCCCCCCCC/C=C\C/C=C\C/C=C\CCCCCCC. The molecule has 0 aliphatic carbocycles. The van der Waals surface area contributed by atoms with E-state index in [4.69, 9.17) is 14.2 Å². The Morgan fingerprint density at radius 2 is 0.565 bits per heavy atom. The summed E-state index contributed by atoms with van der Waals surface area (Å²) in [7, 11) is 0. The quantitative estimate of drug-likeness (QED) is 0.0262. The van der Waals surface area contributed by atoms with Crippen molar-refractivity contribution in [1.82, 2.24) is 0 Å². The van der Waals surface area contributed by atoms with Crippen LogP contribution in [0.15, 0.2) is 85.1 Å². The van der Waals surface area contributed by atoms with Crippen molar-refractivity contribution in [2.24, 2.45) is 0 Å². The van der Waals surface area contributed by atoms with Gasteiger partial charge in [-0.25, -0.2) is 0 Å². The lowest BCUT2D eigenvalue weighted by Crippen LogP contribution is -2.30. The summed E-state index contributed by atoms with van der Waals surface area (Å²) >= 11 is 0. The van der Waals surface area contributed by atoms with Gasteiger partial charge in [0.1, 0.15) is 13.2 Å². The van der Waals surface area contributed by atoms with Crippen molar-refractivity contribution in [3.05, 3.63) is 85.1 Å². The van der Waals surface area contributed by atoms with Gasteiger partial charge < -0.3 is 14.2 Å². The maximum absolute atomic E-state index is 12.8. The molecule has 0 rings (SSSR count). The zero-order valence-corrected chi connectivity index (χ0v) is 45.3. The van der Waals surface area contributed by atoms with Crippen LogP contribution in [0.4, 0.5) is 0 Å². The van der Waals surface area contributed by atoms with E-state index in [-0.39, 0.29) is 37.5 Å². The number of hydrogen-bond acceptors (Lipinski definition) is 6. The molecule has 69 heavy (non-hydrogen) atoms. The predicted octanol–water partition coefficient (Wildman–Crippen LogP) is 19.5. The van der Waals surface area contributed by atoms with Crippen molar-refractivity contribution >= 4 is 17.9 Å². The van der Waals surface area contributed by atoms with Crippen LogP contribution < -0.4 is 0 Å². The van der Waals surface area contributed by atoms with Gasteiger partial charge >= 0.3 is 17.9 Å². The van der Waals surface area contributed by atoms with Gasteiger partial charge in [0.25, 0.3) is 0 Å². The fraction of sp³-hybridized carbons (Fsp3) is 0.730. The first-order valence-corrected chi connectivity index (χ1v) is 29.1. The Bertz CT molecular complexity index is 1330. The Hall–Kier alpha value is -3.41. The molecule has 0 radical (unpaired) electrons. The van der Waals surface area contributed by atoms with Crippen LogP contribution in [0.2, 0.25) is 0 Å². The fourth-order valence-corrected chi connectivity index (χ4v) is 8.03. The van der Waals surface area contributed by atoms with E-state index in [0.29, 0.717) is 19.3 Å². The lowest BCUT2D eigenvalue weighted by Gasteiger charge is -2.18. The molecule has 0 heterocycles. The summed E-state index contributed by atoms with van der Waals surface area (Å²) in [6.07, 6.45) is 74.4. The molecule has 0 aromatic rings. The van der Waals surface area contributed by atoms with Gasteiger partial charge in [0.15, 0.2) is 6.10 Å². The summed E-state index contributed by atoms with van der Waals surface area (Å²) in [4.78, 5) is 38.1. The molecule has 396 valence electrons. The zero-order chi connectivity index (χ0) is 50.0. The Labute approximate surface area is 426 Å². The molecule has 0 saturated carbocycles. The van der Waals surface area contributed by atoms with E-state index < -0.39 is 6.10 Å². The van der Waals surface area contributed by atoms with Gasteiger partial charge in [-0.05, 0) is 96.3 Å². The van der Waals surface area contributed by atoms with E-state index in [2.05, 4.69) is 106 Å². The average molecular weight is 962 g/mol. The lowest BCUT2D eigenvalue weighted by atomic mass is 10.1. The summed E-state index contributed by atoms with van der Waals surface area (Å²) < 4.78 is 16.8. The van der Waals surface area contributed by atoms with Crippen LogP contribution in [0.3, 0.4) is 0 Å². The molecule has 0 fully saturated rings. The van der Waals surface area contributed by atoms with Crippen LogP contribution in [-0.2, 0) is 28.6 Å². The van der Waals surface area contributed by atoms with Gasteiger partial charge in [0.05, 0.1) is 0 Å². The first-order chi connectivity index (χ1) is 34.0. The van der Waals surface area contributed by atoms with Crippen molar-refractivity contribution in [2.75, 3.05) is 13.2 Å². The largest absolute Gasteiger partial charge is 0.462 e. The van der Waals surface area contributed by atoms with E-state index >= 15 is 0 Å². The summed E-state index contributed by atoms with van der Waals surface area (Å²) in [5.74, 6) is -0.934. The van der Waals surface area contributed by atoms with Crippen LogP contribution >= 0.6 is 0 Å². The minimum Gasteiger partial charge on any atom is -0.462 e. The number of hydrogen-bond donors (Lipinski definition) is 0. The van der Waals surface area contributed by atoms with Gasteiger partial charge in [-0.2, -0.15) is 0 Å². The van der Waals surface area contributed by atoms with E-state index in [1.165, 1.54) is 141 Å². The third kappa shape index (κ3) is 55.4. The molecule has 0 bridgehead atoms. The van der Waals surface area contributed by atoms with Gasteiger partial charge in [0, 0.05) is 19.3 Å². The topological polar surface area (TPSA) is 78.9 Å². The molecule has 0 aliphatic heterocycles. The molecule has 0 aromatic carbocycles. The van der Waals surface area contributed by atoms with Crippen LogP contribution in [-0.4, -0.2) is 37.2 Å². The summed E-state index contributed by atoms with van der Waals surface area (Å²) in [5, 5.41) is 0. The Kier molecular flexibility index (Phi) is 54.3. The third-order valence-corrected chi connectivity index (χ3v) is 12.4. The van der Waals surface area contributed by atoms with Crippen LogP contribution in [0.1, 0.15) is 278 Å². The Morgan fingerprint density at radius 3 is 0.913 bits per heavy atom. The predicted molar refractivity (Wildman–Crippen MR) is 297 cm³/mol. The number of ether oxygens (including phenoxy) is 3. The number of allylic oxidation sites excluding steroid dienone is 14. The highest BCUT2D eigenvalue weighted by molar-refractivity contribution is 5.71. The molecule has 6 nitrogen and oxygen atoms in total. The molecule has 1 atom stereocenters. The number of carbonyl (C=O) groups excluding carboxylic acids is 3. The number of esters is 3. The molecule has 0 aliphatic rings. The van der Waals surface area contributed by atoms with Gasteiger partial charge in [0.2, 0.25) is 0 Å². The van der Waals surface area contributed by atoms with E-state index in [1.54, 1.807) is 0 Å². The minimum absolute atomic E-state index is 0.0927. The normalized spacial score (nSPS) is 12.7. The molecular formula is C63H108O6. The van der Waals surface area contributed by atoms with E-state index in [0.717, 1.165) is 89.9 Å². The minimum atomic E-state index is -0.798. The summed E-state index contributed by atoms with van der Waals surface area (Å²) in [6, 6.07) is 0. The highest BCUT2D eigenvalue weighted by Gasteiger charge is 2.19. The number of unbranched alkanes of at least 4 members (excludes halogenated alkanes) is 27. The van der Waals surface area contributed by atoms with Crippen LogP contribution in [0, 0.1) is 0 Å². The molecule has 1 unspecified atom stereocenters. The molecule has 0 amide bonds. The van der Waals surface area contributed by atoms with Gasteiger partial charge in [-0.1, -0.05) is 247 Å². The fourth-order valence-electron chi connectivity index (χ4n) is 8.03. The molecule has 0 saturated heterocycles. The van der Waals surface area contributed by atoms with Crippen molar-refractivity contribution in [2.45, 2.75) is 284 Å². The summed E-state index contributed by atoms with van der Waals surface area (Å²) in [6.45, 7) is 6.48. The lowest BCUT2D eigenvalue weighted by molar-refractivity contribution is -0.167. The van der Waals surface area contributed by atoms with Gasteiger partial charge in [-0.15, -0.1) is 0 Å². The molecule has 6 heteroatoms. The molecule has 0 spiro atoms. The molecule has 0 aromatic heterocycles. The standard InChI is InChI=1S/C63H108O6/c1-4-7-10-13-16-19-22-24-26-27-28-29-30-31-32-33-34-35-37-38-41-44-47-50-53-56-62(65)68-59-60(58-67-61(64)55-52-49-46-43-40-21-18-15-12-9-6-3)69-63(66)57-54-51-48-45-42-39-36-25-23-20-17-14-11-8-5-2/h8,11,17,20,22,24-25,27-28,30-31,36,42,45,60H,4-7,9-10,12-16,18-19,21,23,26,29,32-35,37-41,43-44,46-59H2,1-3H3/b11-8-,20-17-,24-22-,28-27-,31-30-,36-25-,45-42-. The van der Waals surface area contributed by atoms with Crippen LogP contribution in [0.25, 0.3) is 0 Å². The summed E-state index contributed by atoms with van der Waals surface area (Å²) in [5.41, 5.74) is 0. The maximum atomic E-state index is 12.8. The van der Waals surface area contributed by atoms with Crippen molar-refractivity contribution in [3.8, 4) is 0 Å². The molecular weight excluding hydrogens is 853 g/mol. The highest BCUT2D eigenvalue weighted by atomic mass is 16.6. The van der Waals surface area contributed by atoms with Crippen molar-refractivity contribution in [1.29, 1.82) is 0 Å². The van der Waals surface area contributed by atoms with Crippen LogP contribution in [0.5, 0.6) is 0 Å². The average Bonchev–Trinajstić information content (AvgIpc) is 3.35. The first kappa shape index (κ1) is 65.6. The van der Waals surface area contributed by atoms with Crippen molar-refractivity contribution < 1.29 is 28.6 Å². The molecule has 0 N–H and O–H groups in total. The number of carbonyl (C=O) groups is 3. The zero-order valence-electron chi connectivity index (χ0n) is 45.3. The Morgan fingerprint density at radius 1 is 0.304 bits per heavy atom. The number of rotatable bonds is 52. The van der Waals surface area contributed by atoms with E-state index in [1.807, 2.05) is 0 Å². The van der Waals surface area contributed by atoms with Gasteiger partial charge in [-0.3, -0.25) is 14.4 Å². The second kappa shape index (κ2) is 57.2. The second-order valence-corrected chi connectivity index (χ2v) is 19.2. The maximum Gasteiger partial charge on any atom is 0.306 e. The first-order valence-electron chi connectivity index (χ1n) is 29.1. The second-order valence-electron chi connectivity index (χ2n) is 19.2. The van der Waals surface area contributed by atoms with E-state index in [9.17, 15) is 14.4 Å². The third-order valence-electron chi connectivity index (χ3n) is 12.4. The van der Waals surface area contributed by atoms with Crippen molar-refractivity contribution in [3.63, 3.8) is 0 Å². The highest BCUT2D eigenvalue weighted by Crippen LogP contribution is 2.15.